The number of carbonyl (C=O) groups is 1. The van der Waals surface area contributed by atoms with Gasteiger partial charge in [0.15, 0.2) is 5.82 Å². The fraction of sp³-hybridized carbons (Fsp3) is 0.320. The predicted molar refractivity (Wildman–Crippen MR) is 136 cm³/mol. The molecule has 2 aromatic heterocycles. The van der Waals surface area contributed by atoms with Crippen molar-refractivity contribution in [3.8, 4) is 11.3 Å². The molecule has 4 rings (SSSR count). The summed E-state index contributed by atoms with van der Waals surface area (Å²) in [6, 6.07) is 18.2. The van der Waals surface area contributed by atoms with Crippen LogP contribution in [0.25, 0.3) is 16.2 Å². The molecule has 7 nitrogen and oxygen atoms in total. The maximum atomic E-state index is 12.5. The number of benzene rings is 2. The van der Waals surface area contributed by atoms with Crippen LogP contribution < -0.4 is 15.5 Å². The molecule has 2 aromatic carbocycles. The van der Waals surface area contributed by atoms with Gasteiger partial charge in [-0.3, -0.25) is 4.79 Å². The van der Waals surface area contributed by atoms with Gasteiger partial charge in [-0.1, -0.05) is 71.5 Å². The summed E-state index contributed by atoms with van der Waals surface area (Å²) < 4.78 is 1.84. The Bertz CT molecular complexity index is 1260. The van der Waals surface area contributed by atoms with Crippen molar-refractivity contribution in [3.05, 3.63) is 65.7 Å². The van der Waals surface area contributed by atoms with Crippen LogP contribution in [0.1, 0.15) is 31.9 Å². The van der Waals surface area contributed by atoms with Gasteiger partial charge in [-0.05, 0) is 33.3 Å². The number of carbonyl (C=O) groups excluding carboxylic acids is 1. The number of nitrogens with one attached hydrogen (secondary N) is 2. The third kappa shape index (κ3) is 5.51. The summed E-state index contributed by atoms with van der Waals surface area (Å²) in [5.74, 6) is 0.799. The zero-order valence-electron chi connectivity index (χ0n) is 19.7. The van der Waals surface area contributed by atoms with Gasteiger partial charge >= 0.3 is 0 Å². The molecule has 172 valence electrons. The first kappa shape index (κ1) is 22.8. The maximum absolute atomic E-state index is 12.5. The minimum absolute atomic E-state index is 0.0511. The van der Waals surface area contributed by atoms with Gasteiger partial charge in [0.25, 0.3) is 0 Å². The Morgan fingerprint density at radius 3 is 2.58 bits per heavy atom. The Morgan fingerprint density at radius 1 is 1.12 bits per heavy atom. The first-order valence-corrected chi connectivity index (χ1v) is 11.8. The number of nitrogens with zero attached hydrogens (tertiary/aromatic N) is 4. The van der Waals surface area contributed by atoms with E-state index < -0.39 is 0 Å². The van der Waals surface area contributed by atoms with Gasteiger partial charge in [0.2, 0.25) is 16.0 Å². The van der Waals surface area contributed by atoms with E-state index in [1.54, 1.807) is 0 Å². The van der Waals surface area contributed by atoms with Gasteiger partial charge in [0, 0.05) is 24.7 Å². The molecule has 0 aliphatic carbocycles. The molecule has 8 heteroatoms. The third-order valence-electron chi connectivity index (χ3n) is 5.01. The molecule has 0 bridgehead atoms. The molecule has 2 N–H and O–H groups in total. The van der Waals surface area contributed by atoms with Gasteiger partial charge in [0.1, 0.15) is 5.69 Å². The molecule has 1 amide bonds. The van der Waals surface area contributed by atoms with Crippen molar-refractivity contribution in [1.29, 1.82) is 0 Å². The van der Waals surface area contributed by atoms with Crippen LogP contribution in [0.2, 0.25) is 0 Å². The molecule has 2 heterocycles. The number of fused-ring (bicyclic) bond motifs is 1. The monoisotopic (exact) mass is 462 g/mol. The summed E-state index contributed by atoms with van der Waals surface area (Å²) in [5.41, 5.74) is 4.01. The molecular formula is C25H30N6OS. The van der Waals surface area contributed by atoms with Crippen molar-refractivity contribution < 1.29 is 4.79 Å². The number of hydrogen-bond donors (Lipinski definition) is 2. The van der Waals surface area contributed by atoms with Crippen LogP contribution in [0.5, 0.6) is 0 Å². The second-order valence-electron chi connectivity index (χ2n) is 9.25. The van der Waals surface area contributed by atoms with Crippen LogP contribution in [0.3, 0.4) is 0 Å². The zero-order valence-corrected chi connectivity index (χ0v) is 20.5. The van der Waals surface area contributed by atoms with E-state index in [0.717, 1.165) is 32.7 Å². The van der Waals surface area contributed by atoms with Gasteiger partial charge in [-0.25, -0.2) is 4.98 Å². The predicted octanol–water partition coefficient (Wildman–Crippen LogP) is 4.73. The summed E-state index contributed by atoms with van der Waals surface area (Å²) >= 11 is 1.47. The Balaban J connectivity index is 1.52. The molecule has 0 fully saturated rings. The first-order chi connectivity index (χ1) is 15.7. The van der Waals surface area contributed by atoms with E-state index in [0.29, 0.717) is 6.54 Å². The molecule has 0 unspecified atom stereocenters. The molecule has 33 heavy (non-hydrogen) atoms. The van der Waals surface area contributed by atoms with E-state index >= 15 is 0 Å². The third-order valence-corrected chi connectivity index (χ3v) is 6.04. The van der Waals surface area contributed by atoms with Crippen LogP contribution in [-0.4, -0.2) is 39.6 Å². The minimum atomic E-state index is -0.162. The van der Waals surface area contributed by atoms with Crippen molar-refractivity contribution in [2.45, 2.75) is 39.8 Å². The second-order valence-corrected chi connectivity index (χ2v) is 10.2. The average molecular weight is 463 g/mol. The van der Waals surface area contributed by atoms with Crippen molar-refractivity contribution in [1.82, 2.24) is 19.9 Å². The molecule has 4 aromatic rings. The summed E-state index contributed by atoms with van der Waals surface area (Å²) in [6.07, 6.45) is 0. The quantitative estimate of drug-likeness (QED) is 0.415. The molecule has 0 radical (unpaired) electrons. The maximum Gasteiger partial charge on any atom is 0.239 e. The molecule has 0 aliphatic heterocycles. The lowest BCUT2D eigenvalue weighted by Crippen LogP contribution is -2.34. The molecule has 0 saturated heterocycles. The minimum Gasteiger partial charge on any atom is -0.364 e. The number of rotatable bonds is 7. The SMILES string of the molecule is Cc1cccc(CNC(=O)CN(C)c2nn3c(NC(C)(C)C)c(-c4ccccc4)nc3s2)c1. The smallest absolute Gasteiger partial charge is 0.239 e. The van der Waals surface area contributed by atoms with Crippen molar-refractivity contribution in [2.24, 2.45) is 0 Å². The van der Waals surface area contributed by atoms with Crippen molar-refractivity contribution in [3.63, 3.8) is 0 Å². The number of amides is 1. The molecular weight excluding hydrogens is 432 g/mol. The van der Waals surface area contributed by atoms with E-state index in [4.69, 9.17) is 10.1 Å². The van der Waals surface area contributed by atoms with Crippen molar-refractivity contribution >= 4 is 33.2 Å². The van der Waals surface area contributed by atoms with Crippen LogP contribution in [0.15, 0.2) is 54.6 Å². The zero-order chi connectivity index (χ0) is 23.6. The number of likely N-dealkylation sites (N-methyl/N-ethyl adjacent to an activating group) is 1. The Kier molecular flexibility index (Phi) is 6.37. The second kappa shape index (κ2) is 9.23. The van der Waals surface area contributed by atoms with Crippen LogP contribution in [0, 0.1) is 6.92 Å². The molecule has 0 spiro atoms. The van der Waals surface area contributed by atoms with Gasteiger partial charge < -0.3 is 15.5 Å². The van der Waals surface area contributed by atoms with Gasteiger partial charge in [0.05, 0.1) is 6.54 Å². The first-order valence-electron chi connectivity index (χ1n) is 11.0. The number of aromatic nitrogens is 3. The highest BCUT2D eigenvalue weighted by atomic mass is 32.1. The van der Waals surface area contributed by atoms with E-state index in [2.05, 4.69) is 37.5 Å². The topological polar surface area (TPSA) is 74.6 Å². The molecule has 0 saturated carbocycles. The summed E-state index contributed by atoms with van der Waals surface area (Å²) in [6.45, 7) is 9.10. The lowest BCUT2D eigenvalue weighted by Gasteiger charge is -2.22. The average Bonchev–Trinajstić information content (AvgIpc) is 3.31. The van der Waals surface area contributed by atoms with E-state index in [-0.39, 0.29) is 18.0 Å². The summed E-state index contributed by atoms with van der Waals surface area (Å²) in [7, 11) is 1.87. The van der Waals surface area contributed by atoms with Crippen LogP contribution in [-0.2, 0) is 11.3 Å². The Hall–Kier alpha value is -3.39. The largest absolute Gasteiger partial charge is 0.364 e. The Labute approximate surface area is 198 Å². The van der Waals surface area contributed by atoms with Crippen molar-refractivity contribution in [2.75, 3.05) is 23.8 Å². The Morgan fingerprint density at radius 2 is 1.88 bits per heavy atom. The summed E-state index contributed by atoms with van der Waals surface area (Å²) in [5, 5.41) is 12.1. The number of anilines is 2. The van der Waals surface area contributed by atoms with E-state index in [1.807, 2.05) is 71.9 Å². The van der Waals surface area contributed by atoms with E-state index in [9.17, 15) is 4.79 Å². The molecule has 0 atom stereocenters. The fourth-order valence-corrected chi connectivity index (χ4v) is 4.38. The van der Waals surface area contributed by atoms with Gasteiger partial charge in [-0.2, -0.15) is 4.52 Å². The highest BCUT2D eigenvalue weighted by Crippen LogP contribution is 2.34. The number of imidazole rings is 1. The van der Waals surface area contributed by atoms with Gasteiger partial charge in [-0.15, -0.1) is 5.10 Å². The lowest BCUT2D eigenvalue weighted by molar-refractivity contribution is -0.119. The number of hydrogen-bond acceptors (Lipinski definition) is 6. The van der Waals surface area contributed by atoms with Crippen LogP contribution >= 0.6 is 11.3 Å². The van der Waals surface area contributed by atoms with Crippen LogP contribution in [0.4, 0.5) is 10.9 Å². The summed E-state index contributed by atoms with van der Waals surface area (Å²) in [4.78, 5) is 20.0. The lowest BCUT2D eigenvalue weighted by atomic mass is 10.1. The standard InChI is InChI=1S/C25H30N6OS/c1-17-10-9-11-18(14-17)15-26-20(32)16-30(5)24-29-31-22(28-25(2,3)4)21(27-23(31)33-24)19-12-7-6-8-13-19/h6-14,28H,15-16H2,1-5H3,(H,26,32). The number of aryl methyl sites for hydroxylation is 1. The normalized spacial score (nSPS) is 11.5. The fourth-order valence-electron chi connectivity index (χ4n) is 3.52. The molecule has 0 aliphatic rings. The highest BCUT2D eigenvalue weighted by molar-refractivity contribution is 7.20. The van der Waals surface area contributed by atoms with E-state index in [1.165, 1.54) is 16.9 Å². The highest BCUT2D eigenvalue weighted by Gasteiger charge is 2.23.